The maximum absolute atomic E-state index is 11.9. The Morgan fingerprint density at radius 1 is 1.17 bits per heavy atom. The van der Waals surface area contributed by atoms with E-state index in [1.165, 1.54) is 4.70 Å². The number of pyridine rings is 1. The molecular weight excluding hydrogens is 244 g/mol. The van der Waals surface area contributed by atoms with Crippen LogP contribution in [0.3, 0.4) is 0 Å². The summed E-state index contributed by atoms with van der Waals surface area (Å²) in [6, 6.07) is 13.5. The number of thiophene rings is 1. The van der Waals surface area contributed by atoms with Crippen LogP contribution >= 0.6 is 11.3 Å². The number of amides is 1. The highest BCUT2D eigenvalue weighted by Gasteiger charge is 2.07. The summed E-state index contributed by atoms with van der Waals surface area (Å²) in [6.45, 7) is 0. The molecule has 0 atom stereocenters. The normalized spacial score (nSPS) is 10.4. The first-order valence-electron chi connectivity index (χ1n) is 5.53. The van der Waals surface area contributed by atoms with Crippen molar-refractivity contribution in [3.63, 3.8) is 0 Å². The standard InChI is InChI=1S/C14H10N2OS/c17-14(11-5-3-7-15-9-11)16-13-8-10-4-1-2-6-12(10)18-13/h1-9H,(H,16,17). The molecule has 0 aliphatic heterocycles. The lowest BCUT2D eigenvalue weighted by atomic mass is 10.2. The van der Waals surface area contributed by atoms with Gasteiger partial charge in [0.05, 0.1) is 10.6 Å². The zero-order valence-electron chi connectivity index (χ0n) is 9.46. The lowest BCUT2D eigenvalue weighted by molar-refractivity contribution is 0.102. The van der Waals surface area contributed by atoms with Crippen LogP contribution in [0.1, 0.15) is 10.4 Å². The molecule has 2 heterocycles. The van der Waals surface area contributed by atoms with Crippen LogP contribution < -0.4 is 5.32 Å². The van der Waals surface area contributed by atoms with E-state index >= 15 is 0 Å². The van der Waals surface area contributed by atoms with E-state index in [1.54, 1.807) is 35.9 Å². The molecule has 0 saturated carbocycles. The van der Waals surface area contributed by atoms with Gasteiger partial charge in [-0.3, -0.25) is 9.78 Å². The summed E-state index contributed by atoms with van der Waals surface area (Å²) >= 11 is 1.57. The SMILES string of the molecule is O=C(Nc1cc2ccccc2s1)c1cccnc1. The first kappa shape index (κ1) is 10.9. The van der Waals surface area contributed by atoms with Gasteiger partial charge in [-0.15, -0.1) is 11.3 Å². The molecule has 1 aromatic carbocycles. The van der Waals surface area contributed by atoms with E-state index in [4.69, 9.17) is 0 Å². The third kappa shape index (κ3) is 2.10. The van der Waals surface area contributed by atoms with Crippen LogP contribution in [-0.4, -0.2) is 10.9 Å². The Labute approximate surface area is 108 Å². The Kier molecular flexibility index (Phi) is 2.78. The van der Waals surface area contributed by atoms with Gasteiger partial charge in [-0.1, -0.05) is 18.2 Å². The number of rotatable bonds is 2. The Hall–Kier alpha value is -2.20. The molecule has 1 amide bonds. The maximum atomic E-state index is 11.9. The predicted octanol–water partition coefficient (Wildman–Crippen LogP) is 3.55. The molecule has 0 radical (unpaired) electrons. The van der Waals surface area contributed by atoms with Gasteiger partial charge >= 0.3 is 0 Å². The fraction of sp³-hybridized carbons (Fsp3) is 0. The van der Waals surface area contributed by atoms with Gasteiger partial charge in [0, 0.05) is 17.1 Å². The lowest BCUT2D eigenvalue weighted by Gasteiger charge is -2.00. The molecule has 18 heavy (non-hydrogen) atoms. The van der Waals surface area contributed by atoms with Crippen molar-refractivity contribution in [1.82, 2.24) is 4.98 Å². The number of nitrogens with zero attached hydrogens (tertiary/aromatic N) is 1. The minimum atomic E-state index is -0.130. The smallest absolute Gasteiger partial charge is 0.257 e. The second-order valence-corrected chi connectivity index (χ2v) is 4.93. The van der Waals surface area contributed by atoms with Crippen LogP contribution in [0.25, 0.3) is 10.1 Å². The van der Waals surface area contributed by atoms with Gasteiger partial charge in [-0.2, -0.15) is 0 Å². The highest BCUT2D eigenvalue weighted by Crippen LogP contribution is 2.29. The van der Waals surface area contributed by atoms with E-state index in [1.807, 2.05) is 30.3 Å². The number of fused-ring (bicyclic) bond motifs is 1. The molecule has 4 heteroatoms. The van der Waals surface area contributed by atoms with E-state index in [-0.39, 0.29) is 5.91 Å². The van der Waals surface area contributed by atoms with Crippen molar-refractivity contribution in [2.24, 2.45) is 0 Å². The van der Waals surface area contributed by atoms with Crippen molar-refractivity contribution in [2.45, 2.75) is 0 Å². The average molecular weight is 254 g/mol. The van der Waals surface area contributed by atoms with Crippen molar-refractivity contribution < 1.29 is 4.79 Å². The number of hydrogen-bond donors (Lipinski definition) is 1. The highest BCUT2D eigenvalue weighted by atomic mass is 32.1. The Balaban J connectivity index is 1.86. The summed E-state index contributed by atoms with van der Waals surface area (Å²) in [7, 11) is 0. The molecule has 3 nitrogen and oxygen atoms in total. The molecule has 3 rings (SSSR count). The molecule has 0 aliphatic rings. The molecule has 0 bridgehead atoms. The van der Waals surface area contributed by atoms with Crippen LogP contribution in [0.15, 0.2) is 54.9 Å². The summed E-state index contributed by atoms with van der Waals surface area (Å²) in [5.74, 6) is -0.130. The zero-order valence-corrected chi connectivity index (χ0v) is 10.3. The van der Waals surface area contributed by atoms with Gasteiger partial charge in [0.15, 0.2) is 0 Å². The fourth-order valence-electron chi connectivity index (χ4n) is 1.72. The molecule has 2 aromatic heterocycles. The predicted molar refractivity (Wildman–Crippen MR) is 74.0 cm³/mol. The third-order valence-electron chi connectivity index (χ3n) is 2.59. The van der Waals surface area contributed by atoms with Gasteiger partial charge in [-0.05, 0) is 29.7 Å². The van der Waals surface area contributed by atoms with E-state index in [0.717, 1.165) is 10.4 Å². The molecule has 0 spiro atoms. The van der Waals surface area contributed by atoms with Gasteiger partial charge in [0.1, 0.15) is 0 Å². The average Bonchev–Trinajstić information content (AvgIpc) is 2.82. The van der Waals surface area contributed by atoms with Gasteiger partial charge < -0.3 is 5.32 Å². The van der Waals surface area contributed by atoms with Crippen molar-refractivity contribution in [1.29, 1.82) is 0 Å². The summed E-state index contributed by atoms with van der Waals surface area (Å²) in [4.78, 5) is 15.9. The molecule has 0 unspecified atom stereocenters. The quantitative estimate of drug-likeness (QED) is 0.760. The molecule has 88 valence electrons. The van der Waals surface area contributed by atoms with Crippen molar-refractivity contribution in [3.05, 3.63) is 60.4 Å². The zero-order chi connectivity index (χ0) is 12.4. The van der Waals surface area contributed by atoms with Crippen LogP contribution in [0, 0.1) is 0 Å². The number of carbonyl (C=O) groups excluding carboxylic acids is 1. The van der Waals surface area contributed by atoms with E-state index in [9.17, 15) is 4.79 Å². The Morgan fingerprint density at radius 2 is 2.06 bits per heavy atom. The Bertz CT molecular complexity index is 658. The first-order chi connectivity index (χ1) is 8.83. The minimum absolute atomic E-state index is 0.130. The summed E-state index contributed by atoms with van der Waals surface area (Å²) in [6.07, 6.45) is 3.21. The number of carbonyl (C=O) groups is 1. The molecular formula is C14H10N2OS. The molecule has 0 fully saturated rings. The number of aromatic nitrogens is 1. The molecule has 1 N–H and O–H groups in total. The van der Waals surface area contributed by atoms with Crippen molar-refractivity contribution in [2.75, 3.05) is 5.32 Å². The Morgan fingerprint density at radius 3 is 2.83 bits per heavy atom. The number of nitrogens with one attached hydrogen (secondary N) is 1. The molecule has 0 aliphatic carbocycles. The van der Waals surface area contributed by atoms with E-state index in [2.05, 4.69) is 10.3 Å². The highest BCUT2D eigenvalue weighted by molar-refractivity contribution is 7.23. The molecule has 3 aromatic rings. The van der Waals surface area contributed by atoms with Crippen LogP contribution in [-0.2, 0) is 0 Å². The van der Waals surface area contributed by atoms with Crippen molar-refractivity contribution >= 4 is 32.3 Å². The summed E-state index contributed by atoms with van der Waals surface area (Å²) in [5, 5.41) is 4.88. The lowest BCUT2D eigenvalue weighted by Crippen LogP contribution is -2.10. The van der Waals surface area contributed by atoms with Gasteiger partial charge in [0.25, 0.3) is 5.91 Å². The molecule has 0 saturated heterocycles. The second kappa shape index (κ2) is 4.58. The summed E-state index contributed by atoms with van der Waals surface area (Å²) < 4.78 is 1.17. The van der Waals surface area contributed by atoms with Gasteiger partial charge in [0.2, 0.25) is 0 Å². The topological polar surface area (TPSA) is 42.0 Å². The maximum Gasteiger partial charge on any atom is 0.257 e. The minimum Gasteiger partial charge on any atom is -0.313 e. The monoisotopic (exact) mass is 254 g/mol. The third-order valence-corrected chi connectivity index (χ3v) is 3.62. The summed E-state index contributed by atoms with van der Waals surface area (Å²) in [5.41, 5.74) is 0.565. The van der Waals surface area contributed by atoms with Crippen LogP contribution in [0.5, 0.6) is 0 Å². The first-order valence-corrected chi connectivity index (χ1v) is 6.34. The van der Waals surface area contributed by atoms with Crippen LogP contribution in [0.2, 0.25) is 0 Å². The number of hydrogen-bond acceptors (Lipinski definition) is 3. The van der Waals surface area contributed by atoms with E-state index < -0.39 is 0 Å². The number of anilines is 1. The van der Waals surface area contributed by atoms with Gasteiger partial charge in [-0.25, -0.2) is 0 Å². The van der Waals surface area contributed by atoms with Crippen molar-refractivity contribution in [3.8, 4) is 0 Å². The second-order valence-electron chi connectivity index (χ2n) is 3.84. The van der Waals surface area contributed by atoms with Crippen LogP contribution in [0.4, 0.5) is 5.00 Å². The fourth-order valence-corrected chi connectivity index (χ4v) is 2.68. The number of benzene rings is 1. The van der Waals surface area contributed by atoms with E-state index in [0.29, 0.717) is 5.56 Å². The largest absolute Gasteiger partial charge is 0.313 e.